The first-order valence-corrected chi connectivity index (χ1v) is 11.2. The zero-order valence-corrected chi connectivity index (χ0v) is 18.8. The van der Waals surface area contributed by atoms with Gasteiger partial charge in [0, 0.05) is 37.4 Å². The first-order valence-electron chi connectivity index (χ1n) is 11.2. The van der Waals surface area contributed by atoms with E-state index in [0.717, 1.165) is 56.1 Å². The molecule has 7 nitrogen and oxygen atoms in total. The van der Waals surface area contributed by atoms with Gasteiger partial charge in [0.05, 0.1) is 13.2 Å². The molecule has 0 saturated carbocycles. The SMILES string of the molecule is Cc1cccc(C)c1NC(=O)C1c2ccccc2OCC(=O)N1CCCN1CCOCC1. The quantitative estimate of drug-likeness (QED) is 0.753. The molecule has 0 spiro atoms. The van der Waals surface area contributed by atoms with Crippen LogP contribution >= 0.6 is 0 Å². The number of carbonyl (C=O) groups excluding carboxylic acids is 2. The molecule has 1 unspecified atom stereocenters. The molecule has 0 bridgehead atoms. The van der Waals surface area contributed by atoms with Gasteiger partial charge in [0.15, 0.2) is 6.61 Å². The number of fused-ring (bicyclic) bond motifs is 1. The van der Waals surface area contributed by atoms with Gasteiger partial charge in [0.2, 0.25) is 0 Å². The fourth-order valence-electron chi connectivity index (χ4n) is 4.40. The molecule has 1 N–H and O–H groups in total. The molecule has 1 atom stereocenters. The molecule has 2 aromatic carbocycles. The summed E-state index contributed by atoms with van der Waals surface area (Å²) in [4.78, 5) is 30.7. The van der Waals surface area contributed by atoms with E-state index in [1.54, 1.807) is 4.90 Å². The molecular weight excluding hydrogens is 406 g/mol. The molecule has 170 valence electrons. The van der Waals surface area contributed by atoms with Crippen molar-refractivity contribution < 1.29 is 19.1 Å². The van der Waals surface area contributed by atoms with E-state index in [1.165, 1.54) is 0 Å². The number of carbonyl (C=O) groups is 2. The summed E-state index contributed by atoms with van der Waals surface area (Å²) >= 11 is 0. The Kier molecular flexibility index (Phi) is 7.07. The summed E-state index contributed by atoms with van der Waals surface area (Å²) in [5.41, 5.74) is 3.48. The number of para-hydroxylation sites is 2. The van der Waals surface area contributed by atoms with Crippen molar-refractivity contribution >= 4 is 17.5 Å². The number of aryl methyl sites for hydroxylation is 2. The van der Waals surface area contributed by atoms with Crippen molar-refractivity contribution in [1.82, 2.24) is 9.80 Å². The number of ether oxygens (including phenoxy) is 2. The highest BCUT2D eigenvalue weighted by atomic mass is 16.5. The number of nitrogens with one attached hydrogen (secondary N) is 1. The molecule has 2 amide bonds. The Morgan fingerprint density at radius 2 is 1.75 bits per heavy atom. The Morgan fingerprint density at radius 3 is 2.50 bits per heavy atom. The van der Waals surface area contributed by atoms with Gasteiger partial charge in [-0.1, -0.05) is 36.4 Å². The van der Waals surface area contributed by atoms with Crippen molar-refractivity contribution in [3.8, 4) is 5.75 Å². The summed E-state index contributed by atoms with van der Waals surface area (Å²) in [5, 5.41) is 3.09. The molecule has 1 fully saturated rings. The molecule has 4 rings (SSSR count). The number of morpholine rings is 1. The zero-order valence-electron chi connectivity index (χ0n) is 18.8. The van der Waals surface area contributed by atoms with Crippen LogP contribution in [0.15, 0.2) is 42.5 Å². The highest BCUT2D eigenvalue weighted by molar-refractivity contribution is 5.99. The molecule has 0 aliphatic carbocycles. The number of anilines is 1. The summed E-state index contributed by atoms with van der Waals surface area (Å²) in [6, 6.07) is 12.6. The van der Waals surface area contributed by atoms with Gasteiger partial charge in [0.1, 0.15) is 11.8 Å². The Morgan fingerprint density at radius 1 is 1.03 bits per heavy atom. The lowest BCUT2D eigenvalue weighted by Crippen LogP contribution is -2.44. The van der Waals surface area contributed by atoms with Crippen LogP contribution in [0.3, 0.4) is 0 Å². The van der Waals surface area contributed by atoms with Crippen LogP contribution in [-0.2, 0) is 14.3 Å². The van der Waals surface area contributed by atoms with Gasteiger partial charge < -0.3 is 19.7 Å². The minimum Gasteiger partial charge on any atom is -0.483 e. The number of hydrogen-bond acceptors (Lipinski definition) is 5. The van der Waals surface area contributed by atoms with Crippen LogP contribution in [0.5, 0.6) is 5.75 Å². The smallest absolute Gasteiger partial charge is 0.261 e. The highest BCUT2D eigenvalue weighted by Gasteiger charge is 2.36. The average molecular weight is 438 g/mol. The molecular formula is C25H31N3O4. The molecule has 2 aromatic rings. The molecule has 2 aliphatic rings. The normalized spacial score (nSPS) is 19.1. The van der Waals surface area contributed by atoms with Crippen LogP contribution in [0.1, 0.15) is 29.2 Å². The van der Waals surface area contributed by atoms with E-state index in [2.05, 4.69) is 10.2 Å². The summed E-state index contributed by atoms with van der Waals surface area (Å²) < 4.78 is 11.2. The van der Waals surface area contributed by atoms with E-state index in [0.29, 0.717) is 17.9 Å². The van der Waals surface area contributed by atoms with Gasteiger partial charge in [-0.05, 0) is 37.5 Å². The lowest BCUT2D eigenvalue weighted by atomic mass is 10.0. The maximum atomic E-state index is 13.6. The van der Waals surface area contributed by atoms with Gasteiger partial charge >= 0.3 is 0 Å². The van der Waals surface area contributed by atoms with Gasteiger partial charge in [-0.2, -0.15) is 0 Å². The second-order valence-corrected chi connectivity index (χ2v) is 8.38. The second kappa shape index (κ2) is 10.1. The Labute approximate surface area is 189 Å². The lowest BCUT2D eigenvalue weighted by molar-refractivity contribution is -0.139. The average Bonchev–Trinajstić information content (AvgIpc) is 2.94. The maximum Gasteiger partial charge on any atom is 0.261 e. The first kappa shape index (κ1) is 22.3. The van der Waals surface area contributed by atoms with Crippen molar-refractivity contribution in [2.75, 3.05) is 51.3 Å². The standard InChI is InChI=1S/C25H31N3O4/c1-18-7-5-8-19(2)23(18)26-25(30)24-20-9-3-4-10-21(20)32-17-22(29)28(24)12-6-11-27-13-15-31-16-14-27/h3-5,7-10,24H,6,11-17H2,1-2H3,(H,26,30). The Bertz CT molecular complexity index is 951. The monoisotopic (exact) mass is 437 g/mol. The zero-order chi connectivity index (χ0) is 22.5. The molecule has 32 heavy (non-hydrogen) atoms. The van der Waals surface area contributed by atoms with E-state index in [-0.39, 0.29) is 18.4 Å². The first-order chi connectivity index (χ1) is 15.5. The largest absolute Gasteiger partial charge is 0.483 e. The minimum absolute atomic E-state index is 0.0677. The molecule has 7 heteroatoms. The molecule has 1 saturated heterocycles. The minimum atomic E-state index is -0.745. The van der Waals surface area contributed by atoms with Crippen molar-refractivity contribution in [2.24, 2.45) is 0 Å². The number of hydrogen-bond donors (Lipinski definition) is 1. The van der Waals surface area contributed by atoms with Crippen molar-refractivity contribution in [3.05, 3.63) is 59.2 Å². The summed E-state index contributed by atoms with van der Waals surface area (Å²) in [6.07, 6.45) is 0.779. The second-order valence-electron chi connectivity index (χ2n) is 8.38. The Balaban J connectivity index is 1.58. The molecule has 2 aliphatic heterocycles. The van der Waals surface area contributed by atoms with E-state index in [4.69, 9.17) is 9.47 Å². The number of nitrogens with zero attached hydrogens (tertiary/aromatic N) is 2. The van der Waals surface area contributed by atoms with Crippen LogP contribution in [0, 0.1) is 13.8 Å². The fourth-order valence-corrected chi connectivity index (χ4v) is 4.40. The molecule has 2 heterocycles. The third-order valence-corrected chi connectivity index (χ3v) is 6.15. The van der Waals surface area contributed by atoms with E-state index in [9.17, 15) is 9.59 Å². The van der Waals surface area contributed by atoms with Gasteiger partial charge in [-0.3, -0.25) is 14.5 Å². The molecule has 0 aromatic heterocycles. The number of rotatable bonds is 6. The topological polar surface area (TPSA) is 71.1 Å². The van der Waals surface area contributed by atoms with Gasteiger partial charge in [-0.15, -0.1) is 0 Å². The van der Waals surface area contributed by atoms with Crippen LogP contribution in [0.25, 0.3) is 0 Å². The van der Waals surface area contributed by atoms with Gasteiger partial charge in [0.25, 0.3) is 11.8 Å². The van der Waals surface area contributed by atoms with E-state index >= 15 is 0 Å². The van der Waals surface area contributed by atoms with E-state index < -0.39 is 6.04 Å². The van der Waals surface area contributed by atoms with Crippen molar-refractivity contribution in [2.45, 2.75) is 26.3 Å². The van der Waals surface area contributed by atoms with Crippen LogP contribution < -0.4 is 10.1 Å². The van der Waals surface area contributed by atoms with Gasteiger partial charge in [-0.25, -0.2) is 0 Å². The van der Waals surface area contributed by atoms with Crippen LogP contribution in [-0.4, -0.2) is 67.6 Å². The van der Waals surface area contributed by atoms with Crippen LogP contribution in [0.4, 0.5) is 5.69 Å². The van der Waals surface area contributed by atoms with E-state index in [1.807, 2.05) is 56.3 Å². The van der Waals surface area contributed by atoms with Crippen LogP contribution in [0.2, 0.25) is 0 Å². The predicted molar refractivity (Wildman–Crippen MR) is 123 cm³/mol. The lowest BCUT2D eigenvalue weighted by Gasteiger charge is -2.31. The maximum absolute atomic E-state index is 13.6. The van der Waals surface area contributed by atoms with Crippen molar-refractivity contribution in [1.29, 1.82) is 0 Å². The highest BCUT2D eigenvalue weighted by Crippen LogP contribution is 2.34. The summed E-state index contributed by atoms with van der Waals surface area (Å²) in [7, 11) is 0. The Hall–Kier alpha value is -2.90. The molecule has 0 radical (unpaired) electrons. The number of amides is 2. The van der Waals surface area contributed by atoms with Crippen molar-refractivity contribution in [3.63, 3.8) is 0 Å². The summed E-state index contributed by atoms with van der Waals surface area (Å²) in [6.45, 7) is 8.50. The summed E-state index contributed by atoms with van der Waals surface area (Å²) in [5.74, 6) is 0.183. The number of benzene rings is 2. The predicted octanol–water partition coefficient (Wildman–Crippen LogP) is 2.93. The fraction of sp³-hybridized carbons (Fsp3) is 0.440. The third-order valence-electron chi connectivity index (χ3n) is 6.15. The third kappa shape index (κ3) is 4.95.